The highest BCUT2D eigenvalue weighted by atomic mass is 16.1. The van der Waals surface area contributed by atoms with E-state index in [0.29, 0.717) is 18.1 Å². The lowest BCUT2D eigenvalue weighted by Gasteiger charge is -2.06. The van der Waals surface area contributed by atoms with Gasteiger partial charge in [0.1, 0.15) is 0 Å². The highest BCUT2D eigenvalue weighted by molar-refractivity contribution is 5.93. The summed E-state index contributed by atoms with van der Waals surface area (Å²) < 4.78 is 0. The van der Waals surface area contributed by atoms with Crippen LogP contribution in [0, 0.1) is 0 Å². The number of nitrogens with zero attached hydrogens (tertiary/aromatic N) is 1. The van der Waals surface area contributed by atoms with Crippen molar-refractivity contribution in [2.75, 3.05) is 13.6 Å². The lowest BCUT2D eigenvalue weighted by Crippen LogP contribution is -2.33. The zero-order valence-electron chi connectivity index (χ0n) is 13.3. The molecule has 23 heavy (non-hydrogen) atoms. The highest BCUT2D eigenvalue weighted by Crippen LogP contribution is 2.05. The highest BCUT2D eigenvalue weighted by Gasteiger charge is 2.02. The molecule has 2 aromatic rings. The number of hydrogen-bond donors (Lipinski definition) is 3. The number of benzene rings is 2. The van der Waals surface area contributed by atoms with E-state index in [-0.39, 0.29) is 5.91 Å². The van der Waals surface area contributed by atoms with Gasteiger partial charge < -0.3 is 16.4 Å². The Morgan fingerprint density at radius 2 is 1.74 bits per heavy atom. The van der Waals surface area contributed by atoms with Crippen LogP contribution in [0.25, 0.3) is 0 Å². The number of nitrogens with one attached hydrogen (secondary N) is 2. The summed E-state index contributed by atoms with van der Waals surface area (Å²) in [6.45, 7) is 1.23. The summed E-state index contributed by atoms with van der Waals surface area (Å²) in [7, 11) is 1.61. The molecule has 2 rings (SSSR count). The quantitative estimate of drug-likeness (QED) is 0.561. The van der Waals surface area contributed by atoms with Gasteiger partial charge in [0, 0.05) is 19.2 Å². The molecular weight excluding hydrogens is 288 g/mol. The summed E-state index contributed by atoms with van der Waals surface area (Å²) in [5.41, 5.74) is 8.76. The molecule has 1 amide bonds. The van der Waals surface area contributed by atoms with Crippen LogP contribution in [-0.2, 0) is 13.0 Å². The van der Waals surface area contributed by atoms with Crippen LogP contribution < -0.4 is 16.4 Å². The van der Waals surface area contributed by atoms with Crippen molar-refractivity contribution >= 4 is 11.9 Å². The summed E-state index contributed by atoms with van der Waals surface area (Å²) in [6.07, 6.45) is 0.901. The smallest absolute Gasteiger partial charge is 0.251 e. The van der Waals surface area contributed by atoms with E-state index in [1.807, 2.05) is 30.3 Å². The molecular formula is C18H22N4O. The first-order valence-electron chi connectivity index (χ1n) is 7.58. The third-order valence-corrected chi connectivity index (χ3v) is 3.44. The Kier molecular flexibility index (Phi) is 6.17. The molecule has 0 aromatic heterocycles. The zero-order chi connectivity index (χ0) is 16.5. The van der Waals surface area contributed by atoms with Gasteiger partial charge in [-0.2, -0.15) is 0 Å². The van der Waals surface area contributed by atoms with Crippen LogP contribution in [0.1, 0.15) is 21.5 Å². The van der Waals surface area contributed by atoms with Crippen molar-refractivity contribution in [2.24, 2.45) is 10.7 Å². The molecule has 5 nitrogen and oxygen atoms in total. The molecule has 0 bridgehead atoms. The standard InChI is InChI=1S/C18H22N4O/c1-20-17(23)16-9-7-15(8-10-16)13-22-18(19)21-12-11-14-5-3-2-4-6-14/h2-10H,11-13H2,1H3,(H,20,23)(H3,19,21,22). The normalized spacial score (nSPS) is 11.1. The Labute approximate surface area is 136 Å². The topological polar surface area (TPSA) is 79.5 Å². The van der Waals surface area contributed by atoms with Crippen molar-refractivity contribution in [1.82, 2.24) is 10.6 Å². The second-order valence-corrected chi connectivity index (χ2v) is 5.14. The van der Waals surface area contributed by atoms with E-state index in [1.165, 1.54) is 5.56 Å². The molecule has 0 saturated carbocycles. The third kappa shape index (κ3) is 5.47. The van der Waals surface area contributed by atoms with Crippen LogP contribution >= 0.6 is 0 Å². The molecule has 0 saturated heterocycles. The molecule has 0 unspecified atom stereocenters. The van der Waals surface area contributed by atoms with E-state index in [1.54, 1.807) is 19.2 Å². The molecule has 0 spiro atoms. The Morgan fingerprint density at radius 3 is 2.39 bits per heavy atom. The molecule has 0 radical (unpaired) electrons. The molecule has 0 aliphatic rings. The Balaban J connectivity index is 1.79. The number of hydrogen-bond acceptors (Lipinski definition) is 2. The molecule has 0 atom stereocenters. The van der Waals surface area contributed by atoms with Crippen LogP contribution in [0.3, 0.4) is 0 Å². The van der Waals surface area contributed by atoms with Gasteiger partial charge in [-0.3, -0.25) is 4.79 Å². The lowest BCUT2D eigenvalue weighted by atomic mass is 10.1. The molecule has 0 fully saturated rings. The number of nitrogens with two attached hydrogens (primary N) is 1. The van der Waals surface area contributed by atoms with E-state index in [0.717, 1.165) is 18.5 Å². The minimum atomic E-state index is -0.0952. The van der Waals surface area contributed by atoms with Crippen LogP contribution in [0.5, 0.6) is 0 Å². The monoisotopic (exact) mass is 310 g/mol. The number of carbonyl (C=O) groups is 1. The number of guanidine groups is 1. The fourth-order valence-corrected chi connectivity index (χ4v) is 2.12. The van der Waals surface area contributed by atoms with E-state index in [9.17, 15) is 4.79 Å². The largest absolute Gasteiger partial charge is 0.370 e. The summed E-state index contributed by atoms with van der Waals surface area (Å²) >= 11 is 0. The Hall–Kier alpha value is -2.82. The van der Waals surface area contributed by atoms with Gasteiger partial charge in [0.25, 0.3) is 5.91 Å². The SMILES string of the molecule is CNC(=O)c1ccc(CN=C(N)NCCc2ccccc2)cc1. The van der Waals surface area contributed by atoms with Crippen molar-refractivity contribution < 1.29 is 4.79 Å². The Bertz CT molecular complexity index is 650. The van der Waals surface area contributed by atoms with Gasteiger partial charge in [-0.25, -0.2) is 4.99 Å². The number of carbonyl (C=O) groups excluding carboxylic acids is 1. The van der Waals surface area contributed by atoms with Crippen molar-refractivity contribution in [3.8, 4) is 0 Å². The van der Waals surface area contributed by atoms with Gasteiger partial charge in [-0.1, -0.05) is 42.5 Å². The third-order valence-electron chi connectivity index (χ3n) is 3.44. The number of rotatable bonds is 6. The molecule has 0 aliphatic heterocycles. The fourth-order valence-electron chi connectivity index (χ4n) is 2.12. The van der Waals surface area contributed by atoms with Crippen molar-refractivity contribution in [1.29, 1.82) is 0 Å². The van der Waals surface area contributed by atoms with E-state index in [2.05, 4.69) is 27.8 Å². The maximum Gasteiger partial charge on any atom is 0.251 e. The summed E-state index contributed by atoms with van der Waals surface area (Å²) in [5.74, 6) is 0.332. The summed E-state index contributed by atoms with van der Waals surface area (Å²) in [6, 6.07) is 17.5. The first kappa shape index (κ1) is 16.5. The predicted octanol–water partition coefficient (Wildman–Crippen LogP) is 1.69. The maximum absolute atomic E-state index is 11.5. The van der Waals surface area contributed by atoms with E-state index < -0.39 is 0 Å². The zero-order valence-corrected chi connectivity index (χ0v) is 13.3. The van der Waals surface area contributed by atoms with Crippen LogP contribution in [0.15, 0.2) is 59.6 Å². The maximum atomic E-state index is 11.5. The Morgan fingerprint density at radius 1 is 1.04 bits per heavy atom. The van der Waals surface area contributed by atoms with Crippen molar-refractivity contribution in [3.63, 3.8) is 0 Å². The molecule has 0 aliphatic carbocycles. The van der Waals surface area contributed by atoms with Gasteiger partial charge in [0.15, 0.2) is 5.96 Å². The first-order chi connectivity index (χ1) is 11.2. The van der Waals surface area contributed by atoms with Crippen LogP contribution in [-0.4, -0.2) is 25.5 Å². The first-order valence-corrected chi connectivity index (χ1v) is 7.58. The second-order valence-electron chi connectivity index (χ2n) is 5.14. The van der Waals surface area contributed by atoms with Gasteiger partial charge in [0.05, 0.1) is 6.54 Å². The second kappa shape index (κ2) is 8.58. The number of amides is 1. The van der Waals surface area contributed by atoms with Gasteiger partial charge >= 0.3 is 0 Å². The molecule has 2 aromatic carbocycles. The summed E-state index contributed by atoms with van der Waals surface area (Å²) in [4.78, 5) is 15.8. The molecule has 0 heterocycles. The van der Waals surface area contributed by atoms with Crippen molar-refractivity contribution in [3.05, 3.63) is 71.3 Å². The minimum Gasteiger partial charge on any atom is -0.370 e. The number of aliphatic imine (C=N–C) groups is 1. The van der Waals surface area contributed by atoms with E-state index >= 15 is 0 Å². The van der Waals surface area contributed by atoms with Crippen molar-refractivity contribution in [2.45, 2.75) is 13.0 Å². The fraction of sp³-hybridized carbons (Fsp3) is 0.222. The van der Waals surface area contributed by atoms with Crippen LogP contribution in [0.4, 0.5) is 0 Å². The minimum absolute atomic E-state index is 0.0952. The van der Waals surface area contributed by atoms with Gasteiger partial charge in [0.2, 0.25) is 0 Å². The molecule has 4 N–H and O–H groups in total. The lowest BCUT2D eigenvalue weighted by molar-refractivity contribution is 0.0963. The summed E-state index contributed by atoms with van der Waals surface area (Å²) in [5, 5.41) is 5.69. The van der Waals surface area contributed by atoms with Gasteiger partial charge in [-0.15, -0.1) is 0 Å². The average Bonchev–Trinajstić information content (AvgIpc) is 2.60. The van der Waals surface area contributed by atoms with Crippen LogP contribution in [0.2, 0.25) is 0 Å². The predicted molar refractivity (Wildman–Crippen MR) is 93.3 cm³/mol. The van der Waals surface area contributed by atoms with Gasteiger partial charge in [-0.05, 0) is 29.7 Å². The molecule has 120 valence electrons. The van der Waals surface area contributed by atoms with E-state index in [4.69, 9.17) is 5.73 Å². The average molecular weight is 310 g/mol. The molecule has 5 heteroatoms.